The Morgan fingerprint density at radius 1 is 0.900 bits per heavy atom. The molecule has 0 saturated heterocycles. The van der Waals surface area contributed by atoms with Gasteiger partial charge in [0.1, 0.15) is 0 Å². The third kappa shape index (κ3) is 2.38. The van der Waals surface area contributed by atoms with Gasteiger partial charge >= 0.3 is 0 Å². The SMILES string of the molecule is CCN(CC)CCc1cccc2c1Cc1ccccc1-2. The Kier molecular flexibility index (Phi) is 3.88. The van der Waals surface area contributed by atoms with Crippen LogP contribution >= 0.6 is 0 Å². The summed E-state index contributed by atoms with van der Waals surface area (Å²) in [7, 11) is 0. The van der Waals surface area contributed by atoms with Crippen LogP contribution in [0.25, 0.3) is 11.1 Å². The summed E-state index contributed by atoms with van der Waals surface area (Å²) in [5.74, 6) is 0. The van der Waals surface area contributed by atoms with Crippen molar-refractivity contribution in [1.82, 2.24) is 4.90 Å². The lowest BCUT2D eigenvalue weighted by Crippen LogP contribution is -2.25. The Bertz CT molecular complexity index is 596. The number of rotatable bonds is 5. The van der Waals surface area contributed by atoms with Gasteiger partial charge in [-0.15, -0.1) is 0 Å². The maximum Gasteiger partial charge on any atom is 0.00217 e. The van der Waals surface area contributed by atoms with Crippen molar-refractivity contribution in [1.29, 1.82) is 0 Å². The third-order valence-electron chi connectivity index (χ3n) is 4.54. The van der Waals surface area contributed by atoms with E-state index in [0.717, 1.165) is 19.5 Å². The van der Waals surface area contributed by atoms with Gasteiger partial charge < -0.3 is 4.90 Å². The van der Waals surface area contributed by atoms with Crippen molar-refractivity contribution >= 4 is 0 Å². The van der Waals surface area contributed by atoms with Crippen LogP contribution in [0.4, 0.5) is 0 Å². The van der Waals surface area contributed by atoms with Crippen LogP contribution in [-0.2, 0) is 12.8 Å². The summed E-state index contributed by atoms with van der Waals surface area (Å²) in [5.41, 5.74) is 7.47. The number of hydrogen-bond acceptors (Lipinski definition) is 1. The van der Waals surface area contributed by atoms with Gasteiger partial charge in [0, 0.05) is 6.54 Å². The molecule has 0 spiro atoms. The van der Waals surface area contributed by atoms with Crippen molar-refractivity contribution in [2.24, 2.45) is 0 Å². The van der Waals surface area contributed by atoms with E-state index in [9.17, 15) is 0 Å². The number of benzene rings is 2. The summed E-state index contributed by atoms with van der Waals surface area (Å²) >= 11 is 0. The van der Waals surface area contributed by atoms with Gasteiger partial charge in [0.05, 0.1) is 0 Å². The summed E-state index contributed by atoms with van der Waals surface area (Å²) < 4.78 is 0. The molecule has 2 aromatic carbocycles. The van der Waals surface area contributed by atoms with Crippen LogP contribution in [0, 0.1) is 0 Å². The largest absolute Gasteiger partial charge is 0.304 e. The van der Waals surface area contributed by atoms with E-state index < -0.39 is 0 Å². The first-order valence-corrected chi connectivity index (χ1v) is 7.74. The first-order chi connectivity index (χ1) is 9.83. The molecule has 3 rings (SSSR count). The van der Waals surface area contributed by atoms with E-state index in [1.807, 2.05) is 0 Å². The molecule has 104 valence electrons. The topological polar surface area (TPSA) is 3.24 Å². The van der Waals surface area contributed by atoms with E-state index in [1.165, 1.54) is 35.2 Å². The Labute approximate surface area is 122 Å². The fourth-order valence-electron chi connectivity index (χ4n) is 3.28. The number of likely N-dealkylation sites (N-methyl/N-ethyl adjacent to an activating group) is 1. The zero-order valence-electron chi connectivity index (χ0n) is 12.5. The summed E-state index contributed by atoms with van der Waals surface area (Å²) in [4.78, 5) is 2.50. The highest BCUT2D eigenvalue weighted by Gasteiger charge is 2.20. The van der Waals surface area contributed by atoms with Crippen LogP contribution in [-0.4, -0.2) is 24.5 Å². The third-order valence-corrected chi connectivity index (χ3v) is 4.54. The Hall–Kier alpha value is -1.60. The smallest absolute Gasteiger partial charge is 0.00217 e. The van der Waals surface area contributed by atoms with E-state index in [1.54, 1.807) is 5.56 Å². The molecule has 0 aromatic heterocycles. The van der Waals surface area contributed by atoms with Crippen LogP contribution in [0.1, 0.15) is 30.5 Å². The van der Waals surface area contributed by atoms with Crippen LogP contribution < -0.4 is 0 Å². The number of hydrogen-bond donors (Lipinski definition) is 0. The van der Waals surface area contributed by atoms with Crippen LogP contribution in [0.5, 0.6) is 0 Å². The number of fused-ring (bicyclic) bond motifs is 3. The van der Waals surface area contributed by atoms with Gasteiger partial charge in [-0.3, -0.25) is 0 Å². The Morgan fingerprint density at radius 2 is 1.65 bits per heavy atom. The molecule has 0 amide bonds. The van der Waals surface area contributed by atoms with Crippen molar-refractivity contribution in [3.05, 3.63) is 59.2 Å². The fourth-order valence-corrected chi connectivity index (χ4v) is 3.28. The van der Waals surface area contributed by atoms with Crippen molar-refractivity contribution < 1.29 is 0 Å². The molecule has 1 heteroatoms. The highest BCUT2D eigenvalue weighted by Crippen LogP contribution is 2.38. The summed E-state index contributed by atoms with van der Waals surface area (Å²) in [6, 6.07) is 15.6. The van der Waals surface area contributed by atoms with Gasteiger partial charge in [-0.2, -0.15) is 0 Å². The minimum Gasteiger partial charge on any atom is -0.304 e. The summed E-state index contributed by atoms with van der Waals surface area (Å²) in [6.07, 6.45) is 2.28. The van der Waals surface area contributed by atoms with Gasteiger partial charge in [0.25, 0.3) is 0 Å². The Morgan fingerprint density at radius 3 is 2.45 bits per heavy atom. The first kappa shape index (κ1) is 13.4. The average Bonchev–Trinajstić information content (AvgIpc) is 2.88. The van der Waals surface area contributed by atoms with Crippen molar-refractivity contribution in [2.45, 2.75) is 26.7 Å². The molecule has 0 heterocycles. The predicted octanol–water partition coefficient (Wildman–Crippen LogP) is 4.14. The van der Waals surface area contributed by atoms with E-state index in [4.69, 9.17) is 0 Å². The second kappa shape index (κ2) is 5.80. The van der Waals surface area contributed by atoms with Crippen LogP contribution in [0.15, 0.2) is 42.5 Å². The molecule has 0 N–H and O–H groups in total. The molecule has 0 atom stereocenters. The van der Waals surface area contributed by atoms with E-state index >= 15 is 0 Å². The molecule has 1 aliphatic carbocycles. The van der Waals surface area contributed by atoms with Gasteiger partial charge in [-0.25, -0.2) is 0 Å². The van der Waals surface area contributed by atoms with Gasteiger partial charge in [-0.05, 0) is 53.7 Å². The second-order valence-electron chi connectivity index (χ2n) is 5.55. The Balaban J connectivity index is 1.86. The lowest BCUT2D eigenvalue weighted by molar-refractivity contribution is 0.308. The van der Waals surface area contributed by atoms with Crippen molar-refractivity contribution in [3.8, 4) is 11.1 Å². The summed E-state index contributed by atoms with van der Waals surface area (Å²) in [6.45, 7) is 7.95. The molecule has 0 radical (unpaired) electrons. The molecule has 0 aliphatic heterocycles. The van der Waals surface area contributed by atoms with E-state index in [0.29, 0.717) is 0 Å². The molecule has 0 fully saturated rings. The average molecular weight is 265 g/mol. The highest BCUT2D eigenvalue weighted by molar-refractivity contribution is 5.77. The first-order valence-electron chi connectivity index (χ1n) is 7.74. The normalized spacial score (nSPS) is 12.6. The molecule has 0 unspecified atom stereocenters. The zero-order chi connectivity index (χ0) is 13.9. The maximum atomic E-state index is 2.50. The molecule has 20 heavy (non-hydrogen) atoms. The standard InChI is InChI=1S/C19H23N/c1-3-20(4-2)13-12-15-9-7-11-18-17-10-6-5-8-16(17)14-19(15)18/h5-11H,3-4,12-14H2,1-2H3. The molecule has 0 bridgehead atoms. The molecule has 1 nitrogen and oxygen atoms in total. The molecule has 1 aliphatic rings. The summed E-state index contributed by atoms with van der Waals surface area (Å²) in [5, 5.41) is 0. The van der Waals surface area contributed by atoms with Gasteiger partial charge in [-0.1, -0.05) is 56.3 Å². The highest BCUT2D eigenvalue weighted by atomic mass is 15.1. The monoisotopic (exact) mass is 265 g/mol. The zero-order valence-corrected chi connectivity index (χ0v) is 12.5. The van der Waals surface area contributed by atoms with E-state index in [-0.39, 0.29) is 0 Å². The van der Waals surface area contributed by atoms with E-state index in [2.05, 4.69) is 61.2 Å². The lowest BCUT2D eigenvalue weighted by atomic mass is 9.99. The number of nitrogens with zero attached hydrogens (tertiary/aromatic N) is 1. The van der Waals surface area contributed by atoms with Gasteiger partial charge in [0.2, 0.25) is 0 Å². The second-order valence-corrected chi connectivity index (χ2v) is 5.55. The molecular weight excluding hydrogens is 242 g/mol. The molecule has 2 aromatic rings. The van der Waals surface area contributed by atoms with Crippen LogP contribution in [0.2, 0.25) is 0 Å². The molecule has 0 saturated carbocycles. The maximum absolute atomic E-state index is 2.50. The fraction of sp³-hybridized carbons (Fsp3) is 0.368. The quantitative estimate of drug-likeness (QED) is 0.670. The lowest BCUT2D eigenvalue weighted by Gasteiger charge is -2.18. The van der Waals surface area contributed by atoms with Crippen molar-refractivity contribution in [3.63, 3.8) is 0 Å². The minimum atomic E-state index is 1.11. The van der Waals surface area contributed by atoms with Crippen molar-refractivity contribution in [2.75, 3.05) is 19.6 Å². The van der Waals surface area contributed by atoms with Crippen LogP contribution in [0.3, 0.4) is 0 Å². The molecular formula is C19H23N. The van der Waals surface area contributed by atoms with Gasteiger partial charge in [0.15, 0.2) is 0 Å². The predicted molar refractivity (Wildman–Crippen MR) is 86.2 cm³/mol. The minimum absolute atomic E-state index is 1.11.